The number of fused-ring (bicyclic) bond motifs is 2. The molecule has 1 heterocycles. The van der Waals surface area contributed by atoms with E-state index in [1.54, 1.807) is 12.1 Å². The summed E-state index contributed by atoms with van der Waals surface area (Å²) in [5, 5.41) is 1.20. The average Bonchev–Trinajstić information content (AvgIpc) is 2.72. The minimum Gasteiger partial charge on any atom is -0.459 e. The third kappa shape index (κ3) is 3.29. The maximum absolute atomic E-state index is 12.8. The molecular weight excluding hydrogens is 350 g/mol. The second-order valence-corrected chi connectivity index (χ2v) is 7.04. The van der Waals surface area contributed by atoms with E-state index in [0.717, 1.165) is 27.7 Å². The highest BCUT2D eigenvalue weighted by Crippen LogP contribution is 2.19. The molecule has 0 N–H and O–H groups in total. The van der Waals surface area contributed by atoms with E-state index in [1.807, 2.05) is 73.0 Å². The molecule has 0 unspecified atom stereocenters. The summed E-state index contributed by atoms with van der Waals surface area (Å²) >= 11 is 0. The minimum absolute atomic E-state index is 0.0220. The summed E-state index contributed by atoms with van der Waals surface area (Å²) in [6, 6.07) is 20.8. The first-order chi connectivity index (χ1) is 13.5. The summed E-state index contributed by atoms with van der Waals surface area (Å²) in [5.41, 5.74) is 4.67. The number of carbonyl (C=O) groups excluding carboxylic acids is 1. The van der Waals surface area contributed by atoms with Crippen LogP contribution in [-0.2, 0) is 22.7 Å². The highest BCUT2D eigenvalue weighted by molar-refractivity contribution is 5.94. The van der Waals surface area contributed by atoms with Crippen molar-refractivity contribution in [2.24, 2.45) is 0 Å². The number of nitrogens with zero attached hydrogens (tertiary/aromatic N) is 1. The first-order valence-corrected chi connectivity index (χ1v) is 9.26. The first-order valence-electron chi connectivity index (χ1n) is 9.26. The van der Waals surface area contributed by atoms with Crippen LogP contribution in [0.25, 0.3) is 21.8 Å². The van der Waals surface area contributed by atoms with Crippen LogP contribution < -0.4 is 5.43 Å². The number of esters is 1. The number of pyridine rings is 1. The van der Waals surface area contributed by atoms with Crippen LogP contribution in [-0.4, -0.2) is 10.5 Å². The Morgan fingerprint density at radius 3 is 2.14 bits per heavy atom. The van der Waals surface area contributed by atoms with Crippen molar-refractivity contribution in [3.63, 3.8) is 0 Å². The van der Waals surface area contributed by atoms with Gasteiger partial charge in [0.05, 0.1) is 11.0 Å². The molecule has 0 fully saturated rings. The van der Waals surface area contributed by atoms with E-state index in [9.17, 15) is 9.59 Å². The number of hydrogen-bond acceptors (Lipinski definition) is 3. The van der Waals surface area contributed by atoms with E-state index in [0.29, 0.717) is 10.8 Å². The van der Waals surface area contributed by atoms with Crippen molar-refractivity contribution in [3.05, 3.63) is 93.6 Å². The van der Waals surface area contributed by atoms with Crippen LogP contribution in [0.3, 0.4) is 0 Å². The molecule has 4 aromatic rings. The predicted molar refractivity (Wildman–Crippen MR) is 111 cm³/mol. The largest absolute Gasteiger partial charge is 0.459 e. The molecule has 0 saturated carbocycles. The van der Waals surface area contributed by atoms with Gasteiger partial charge in [-0.15, -0.1) is 0 Å². The molecule has 1 aromatic heterocycles. The number of benzene rings is 3. The number of aromatic nitrogens is 1. The van der Waals surface area contributed by atoms with E-state index in [1.165, 1.54) is 0 Å². The van der Waals surface area contributed by atoms with Gasteiger partial charge in [0.15, 0.2) is 5.43 Å². The molecule has 0 aliphatic heterocycles. The Kier molecular flexibility index (Phi) is 4.70. The number of aryl methyl sites for hydroxylation is 2. The maximum Gasteiger partial charge on any atom is 0.326 e. The van der Waals surface area contributed by atoms with Gasteiger partial charge in [0.25, 0.3) is 0 Å². The molecule has 0 saturated heterocycles. The van der Waals surface area contributed by atoms with Crippen molar-refractivity contribution in [1.29, 1.82) is 0 Å². The fraction of sp³-hybridized carbons (Fsp3) is 0.167. The minimum atomic E-state index is -0.333. The maximum atomic E-state index is 12.8. The fourth-order valence-electron chi connectivity index (χ4n) is 3.54. The molecule has 0 aliphatic rings. The zero-order valence-corrected chi connectivity index (χ0v) is 15.9. The molecule has 140 valence electrons. The molecule has 4 rings (SSSR count). The van der Waals surface area contributed by atoms with Gasteiger partial charge in [0.2, 0.25) is 0 Å². The van der Waals surface area contributed by atoms with E-state index >= 15 is 0 Å². The second-order valence-electron chi connectivity index (χ2n) is 7.04. The van der Waals surface area contributed by atoms with E-state index in [-0.39, 0.29) is 24.5 Å². The average molecular weight is 371 g/mol. The second kappa shape index (κ2) is 7.31. The Morgan fingerprint density at radius 1 is 0.893 bits per heavy atom. The lowest BCUT2D eigenvalue weighted by molar-refractivity contribution is -0.145. The Labute approximate surface area is 163 Å². The van der Waals surface area contributed by atoms with Crippen molar-refractivity contribution >= 4 is 27.8 Å². The van der Waals surface area contributed by atoms with Crippen LogP contribution in [0.15, 0.2) is 71.5 Å². The van der Waals surface area contributed by atoms with Gasteiger partial charge in [-0.1, -0.05) is 48.0 Å². The summed E-state index contributed by atoms with van der Waals surface area (Å²) in [4.78, 5) is 25.4. The lowest BCUT2D eigenvalue weighted by Gasteiger charge is -2.15. The molecule has 4 heteroatoms. The molecule has 28 heavy (non-hydrogen) atoms. The quantitative estimate of drug-likeness (QED) is 0.392. The summed E-state index contributed by atoms with van der Waals surface area (Å²) in [7, 11) is 0. The summed E-state index contributed by atoms with van der Waals surface area (Å²) in [6.45, 7) is 4.31. The van der Waals surface area contributed by atoms with Crippen LogP contribution in [0.1, 0.15) is 16.7 Å². The topological polar surface area (TPSA) is 48.3 Å². The molecule has 4 nitrogen and oxygen atoms in total. The smallest absolute Gasteiger partial charge is 0.326 e. The van der Waals surface area contributed by atoms with E-state index in [4.69, 9.17) is 4.74 Å². The van der Waals surface area contributed by atoms with Crippen LogP contribution in [0.2, 0.25) is 0 Å². The highest BCUT2D eigenvalue weighted by Gasteiger charge is 2.14. The standard InChI is InChI=1S/C24H21NO3/c1-16-11-12-17(2)18(13-16)15-28-23(26)14-25-21-9-5-3-7-19(21)24(27)20-8-4-6-10-22(20)25/h3-13H,14-15H2,1-2H3. The lowest BCUT2D eigenvalue weighted by Crippen LogP contribution is -2.18. The highest BCUT2D eigenvalue weighted by atomic mass is 16.5. The van der Waals surface area contributed by atoms with Gasteiger partial charge in [-0.2, -0.15) is 0 Å². The van der Waals surface area contributed by atoms with Crippen molar-refractivity contribution in [2.45, 2.75) is 27.0 Å². The van der Waals surface area contributed by atoms with Crippen LogP contribution in [0, 0.1) is 13.8 Å². The Morgan fingerprint density at radius 2 is 1.50 bits per heavy atom. The number of para-hydroxylation sites is 2. The van der Waals surface area contributed by atoms with E-state index < -0.39 is 0 Å². The molecule has 3 aromatic carbocycles. The Balaban J connectivity index is 1.69. The normalized spacial score (nSPS) is 11.1. The molecule has 0 radical (unpaired) electrons. The zero-order chi connectivity index (χ0) is 19.7. The van der Waals surface area contributed by atoms with Crippen LogP contribution >= 0.6 is 0 Å². The molecule has 0 spiro atoms. The Bertz CT molecular complexity index is 1190. The first kappa shape index (κ1) is 18.0. The third-order valence-corrected chi connectivity index (χ3v) is 5.06. The predicted octanol–water partition coefficient (Wildman–Crippen LogP) is 4.51. The lowest BCUT2D eigenvalue weighted by atomic mass is 10.1. The summed E-state index contributed by atoms with van der Waals surface area (Å²) in [6.07, 6.45) is 0. The van der Waals surface area contributed by atoms with Crippen molar-refractivity contribution in [3.8, 4) is 0 Å². The van der Waals surface area contributed by atoms with E-state index in [2.05, 4.69) is 0 Å². The van der Waals surface area contributed by atoms with Gasteiger partial charge >= 0.3 is 5.97 Å². The third-order valence-electron chi connectivity index (χ3n) is 5.06. The van der Waals surface area contributed by atoms with Gasteiger partial charge in [-0.25, -0.2) is 0 Å². The van der Waals surface area contributed by atoms with Crippen LogP contribution in [0.5, 0.6) is 0 Å². The fourth-order valence-corrected chi connectivity index (χ4v) is 3.54. The molecule has 0 amide bonds. The van der Waals surface area contributed by atoms with Gasteiger partial charge in [0.1, 0.15) is 13.2 Å². The molecule has 0 atom stereocenters. The SMILES string of the molecule is Cc1ccc(C)c(COC(=O)Cn2c3ccccc3c(=O)c3ccccc32)c1. The van der Waals surface area contributed by atoms with Gasteiger partial charge < -0.3 is 9.30 Å². The van der Waals surface area contributed by atoms with Crippen LogP contribution in [0.4, 0.5) is 0 Å². The molecule has 0 aliphatic carbocycles. The van der Waals surface area contributed by atoms with Crippen molar-refractivity contribution in [2.75, 3.05) is 0 Å². The molecule has 0 bridgehead atoms. The Hall–Kier alpha value is -3.40. The van der Waals surface area contributed by atoms with Gasteiger partial charge in [-0.05, 0) is 49.2 Å². The summed E-state index contributed by atoms with van der Waals surface area (Å²) < 4.78 is 7.42. The van der Waals surface area contributed by atoms with Gasteiger partial charge in [0, 0.05) is 10.8 Å². The number of rotatable bonds is 4. The summed E-state index contributed by atoms with van der Waals surface area (Å²) in [5.74, 6) is -0.333. The number of carbonyl (C=O) groups is 1. The number of ether oxygens (including phenoxy) is 1. The molecular formula is C24H21NO3. The monoisotopic (exact) mass is 371 g/mol. The van der Waals surface area contributed by atoms with Crippen molar-refractivity contribution < 1.29 is 9.53 Å². The van der Waals surface area contributed by atoms with Crippen molar-refractivity contribution in [1.82, 2.24) is 4.57 Å². The zero-order valence-electron chi connectivity index (χ0n) is 15.9. The van der Waals surface area contributed by atoms with Gasteiger partial charge in [-0.3, -0.25) is 9.59 Å². The number of hydrogen-bond donors (Lipinski definition) is 0.